The van der Waals surface area contributed by atoms with E-state index in [4.69, 9.17) is 0 Å². The van der Waals surface area contributed by atoms with Gasteiger partial charge >= 0.3 is 0 Å². The van der Waals surface area contributed by atoms with Crippen molar-refractivity contribution in [3.8, 4) is 11.8 Å². The van der Waals surface area contributed by atoms with Crippen molar-refractivity contribution in [1.29, 1.82) is 0 Å². The molecule has 74 valence electrons. The Kier molecular flexibility index (Phi) is 4.49. The average Bonchev–Trinajstić information content (AvgIpc) is 1.81. The summed E-state index contributed by atoms with van der Waals surface area (Å²) in [6.45, 7) is 3.16. The third-order valence-corrected chi connectivity index (χ3v) is 2.27. The fourth-order valence-electron chi connectivity index (χ4n) is 0.869. The van der Waals surface area contributed by atoms with E-state index in [1.807, 2.05) is 0 Å². The van der Waals surface area contributed by atoms with E-state index in [1.54, 1.807) is 13.8 Å². The number of sulfone groups is 1. The highest BCUT2D eigenvalue weighted by atomic mass is 32.2. The first-order valence-electron chi connectivity index (χ1n) is 3.76. The highest BCUT2D eigenvalue weighted by molar-refractivity contribution is 7.90. The van der Waals surface area contributed by atoms with Gasteiger partial charge in [-0.25, -0.2) is 8.42 Å². The van der Waals surface area contributed by atoms with Crippen LogP contribution in [-0.2, 0) is 14.6 Å². The molecule has 0 aliphatic carbocycles. The molecule has 0 saturated heterocycles. The predicted molar refractivity (Wildman–Crippen MR) is 50.8 cm³/mol. The van der Waals surface area contributed by atoms with Gasteiger partial charge in [-0.2, -0.15) is 0 Å². The van der Waals surface area contributed by atoms with Gasteiger partial charge in [0.15, 0.2) is 0 Å². The summed E-state index contributed by atoms with van der Waals surface area (Å²) >= 11 is 0. The molecular weight excluding hydrogens is 190 g/mol. The Morgan fingerprint density at radius 3 is 2.46 bits per heavy atom. The van der Waals surface area contributed by atoms with E-state index < -0.39 is 21.8 Å². The Hall–Kier alpha value is -1.02. The van der Waals surface area contributed by atoms with Gasteiger partial charge < -0.3 is 5.32 Å². The molecule has 0 rings (SSSR count). The summed E-state index contributed by atoms with van der Waals surface area (Å²) < 4.78 is 21.6. The van der Waals surface area contributed by atoms with E-state index >= 15 is 0 Å². The zero-order valence-electron chi connectivity index (χ0n) is 7.92. The minimum Gasteiger partial charge on any atom is -0.342 e. The van der Waals surface area contributed by atoms with Crippen molar-refractivity contribution in [2.45, 2.75) is 19.9 Å². The minimum absolute atomic E-state index is 0.0653. The van der Waals surface area contributed by atoms with Gasteiger partial charge in [-0.05, 0) is 19.8 Å². The van der Waals surface area contributed by atoms with Crippen LogP contribution in [0, 0.1) is 11.8 Å². The zero-order valence-corrected chi connectivity index (χ0v) is 8.73. The number of rotatable bonds is 3. The molecule has 0 aliphatic rings. The number of hydrogen-bond donors (Lipinski definition) is 1. The van der Waals surface area contributed by atoms with E-state index in [-0.39, 0.29) is 5.75 Å². The Morgan fingerprint density at radius 2 is 2.08 bits per heavy atom. The molecule has 0 aromatic carbocycles. The Morgan fingerprint density at radius 1 is 1.54 bits per heavy atom. The zero-order chi connectivity index (χ0) is 10.5. The van der Waals surface area contributed by atoms with Gasteiger partial charge in [0.2, 0.25) is 0 Å². The standard InChI is InChI=1S/C8H13NO3S/c1-4-5-8(10)9-7(2)6-13(3,11)12/h7H,6H2,1-3H3,(H,9,10). The van der Waals surface area contributed by atoms with Crippen LogP contribution in [0.5, 0.6) is 0 Å². The average molecular weight is 203 g/mol. The fourth-order valence-corrected chi connectivity index (χ4v) is 1.86. The smallest absolute Gasteiger partial charge is 0.296 e. The molecule has 0 radical (unpaired) electrons. The summed E-state index contributed by atoms with van der Waals surface area (Å²) in [6, 6.07) is -0.400. The van der Waals surface area contributed by atoms with E-state index in [0.29, 0.717) is 0 Å². The van der Waals surface area contributed by atoms with Crippen molar-refractivity contribution in [3.63, 3.8) is 0 Å². The molecule has 1 N–H and O–H groups in total. The Balaban J connectivity index is 4.07. The molecule has 1 atom stereocenters. The molecule has 0 aromatic heterocycles. The van der Waals surface area contributed by atoms with Crippen molar-refractivity contribution in [1.82, 2.24) is 5.32 Å². The van der Waals surface area contributed by atoms with Crippen molar-refractivity contribution < 1.29 is 13.2 Å². The van der Waals surface area contributed by atoms with Gasteiger partial charge in [0.25, 0.3) is 5.91 Å². The van der Waals surface area contributed by atoms with E-state index in [0.717, 1.165) is 6.26 Å². The Labute approximate surface area is 78.6 Å². The summed E-state index contributed by atoms with van der Waals surface area (Å²) in [5, 5.41) is 2.45. The van der Waals surface area contributed by atoms with Crippen LogP contribution in [0.4, 0.5) is 0 Å². The van der Waals surface area contributed by atoms with E-state index in [9.17, 15) is 13.2 Å². The molecule has 0 fully saturated rings. The molecule has 13 heavy (non-hydrogen) atoms. The van der Waals surface area contributed by atoms with Crippen LogP contribution in [0.1, 0.15) is 13.8 Å². The summed E-state index contributed by atoms with van der Waals surface area (Å²) in [5.41, 5.74) is 0. The van der Waals surface area contributed by atoms with Gasteiger partial charge in [-0.1, -0.05) is 5.92 Å². The topological polar surface area (TPSA) is 63.2 Å². The predicted octanol–water partition coefficient (Wildman–Crippen LogP) is -0.441. The first kappa shape index (κ1) is 12.0. The number of carbonyl (C=O) groups is 1. The number of amides is 1. The van der Waals surface area contributed by atoms with Crippen molar-refractivity contribution >= 4 is 15.7 Å². The van der Waals surface area contributed by atoms with Crippen LogP contribution in [0.2, 0.25) is 0 Å². The maximum atomic E-state index is 10.9. The molecule has 1 amide bonds. The van der Waals surface area contributed by atoms with Gasteiger partial charge in [0.05, 0.1) is 5.75 Å². The maximum absolute atomic E-state index is 10.9. The first-order valence-corrected chi connectivity index (χ1v) is 5.82. The fraction of sp³-hybridized carbons (Fsp3) is 0.625. The highest BCUT2D eigenvalue weighted by Crippen LogP contribution is 1.89. The lowest BCUT2D eigenvalue weighted by molar-refractivity contribution is -0.116. The number of nitrogens with one attached hydrogen (secondary N) is 1. The first-order chi connectivity index (χ1) is 5.85. The van der Waals surface area contributed by atoms with E-state index in [2.05, 4.69) is 17.2 Å². The van der Waals surface area contributed by atoms with Crippen LogP contribution in [0.3, 0.4) is 0 Å². The number of hydrogen-bond acceptors (Lipinski definition) is 3. The quantitative estimate of drug-likeness (QED) is 0.632. The monoisotopic (exact) mass is 203 g/mol. The maximum Gasteiger partial charge on any atom is 0.296 e. The molecule has 0 aromatic rings. The van der Waals surface area contributed by atoms with E-state index in [1.165, 1.54) is 0 Å². The molecule has 0 spiro atoms. The van der Waals surface area contributed by atoms with Crippen molar-refractivity contribution in [3.05, 3.63) is 0 Å². The summed E-state index contributed by atoms with van der Waals surface area (Å²) in [5.74, 6) is 4.18. The summed E-state index contributed by atoms with van der Waals surface area (Å²) in [7, 11) is -3.05. The van der Waals surface area contributed by atoms with Crippen LogP contribution >= 0.6 is 0 Å². The van der Waals surface area contributed by atoms with Gasteiger partial charge in [-0.15, -0.1) is 0 Å². The lowest BCUT2D eigenvalue weighted by atomic mass is 10.4. The van der Waals surface area contributed by atoms with Crippen LogP contribution in [0.25, 0.3) is 0 Å². The largest absolute Gasteiger partial charge is 0.342 e. The third-order valence-electron chi connectivity index (χ3n) is 1.17. The number of carbonyl (C=O) groups excluding carboxylic acids is 1. The Bertz CT molecular complexity index is 334. The molecule has 1 unspecified atom stereocenters. The molecule has 4 nitrogen and oxygen atoms in total. The molecule has 0 aliphatic heterocycles. The summed E-state index contributed by atoms with van der Waals surface area (Å²) in [4.78, 5) is 10.9. The van der Waals surface area contributed by atoms with Crippen molar-refractivity contribution in [2.24, 2.45) is 0 Å². The second kappa shape index (κ2) is 4.87. The van der Waals surface area contributed by atoms with Crippen LogP contribution in [0.15, 0.2) is 0 Å². The molecule has 0 heterocycles. The summed E-state index contributed by atoms with van der Waals surface area (Å²) in [6.07, 6.45) is 1.13. The van der Waals surface area contributed by atoms with Crippen LogP contribution in [-0.4, -0.2) is 32.4 Å². The van der Waals surface area contributed by atoms with Gasteiger partial charge in [-0.3, -0.25) is 4.79 Å². The third kappa shape index (κ3) is 7.34. The lowest BCUT2D eigenvalue weighted by Crippen LogP contribution is -2.36. The molecule has 5 heteroatoms. The molecule has 0 saturated carbocycles. The van der Waals surface area contributed by atoms with Gasteiger partial charge in [0, 0.05) is 12.3 Å². The second-order valence-electron chi connectivity index (χ2n) is 2.84. The normalized spacial score (nSPS) is 12.5. The van der Waals surface area contributed by atoms with Crippen LogP contribution < -0.4 is 5.32 Å². The lowest BCUT2D eigenvalue weighted by Gasteiger charge is -2.09. The molecular formula is C8H13NO3S. The minimum atomic E-state index is -3.05. The van der Waals surface area contributed by atoms with Gasteiger partial charge in [0.1, 0.15) is 9.84 Å². The second-order valence-corrected chi connectivity index (χ2v) is 5.03. The molecule has 0 bridgehead atoms. The van der Waals surface area contributed by atoms with Crippen molar-refractivity contribution in [2.75, 3.05) is 12.0 Å². The highest BCUT2D eigenvalue weighted by Gasteiger charge is 2.11. The SMILES string of the molecule is CC#CC(=O)NC(C)CS(C)(=O)=O.